The first-order valence-corrected chi connectivity index (χ1v) is 10.5. The molecule has 4 rings (SSSR count). The first kappa shape index (κ1) is 18.6. The summed E-state index contributed by atoms with van der Waals surface area (Å²) >= 11 is 0. The molecule has 0 spiro atoms. The van der Waals surface area contributed by atoms with Gasteiger partial charge in [-0.3, -0.25) is 4.98 Å². The Kier molecular flexibility index (Phi) is 4.91. The van der Waals surface area contributed by atoms with Gasteiger partial charge in [-0.1, -0.05) is 6.07 Å². The fourth-order valence-electron chi connectivity index (χ4n) is 3.42. The lowest BCUT2D eigenvalue weighted by Gasteiger charge is -2.38. The molecule has 0 radical (unpaired) electrons. The van der Waals surface area contributed by atoms with Crippen molar-refractivity contribution in [2.45, 2.75) is 18.4 Å². The molecule has 0 saturated carbocycles. The standard InChI is InChI=1S/C20H22N4O3S/c1-15-10-22-20(17-5-4-8-21-11-17)24(15)14-16-12-23(13-16)28(25,26)19-7-3-6-18(9-19)27-2/h3-11,16H,12-14H2,1-2H3. The Hall–Kier alpha value is -2.71. The molecule has 0 amide bonds. The molecular weight excluding hydrogens is 376 g/mol. The van der Waals surface area contributed by atoms with E-state index in [-0.39, 0.29) is 10.8 Å². The summed E-state index contributed by atoms with van der Waals surface area (Å²) in [6.07, 6.45) is 5.36. The van der Waals surface area contributed by atoms with Crippen LogP contribution in [0.15, 0.2) is 59.9 Å². The summed E-state index contributed by atoms with van der Waals surface area (Å²) in [5, 5.41) is 0. The summed E-state index contributed by atoms with van der Waals surface area (Å²) in [6.45, 7) is 3.71. The number of hydrogen-bond acceptors (Lipinski definition) is 5. The van der Waals surface area contributed by atoms with E-state index in [4.69, 9.17) is 4.74 Å². The normalized spacial score (nSPS) is 15.4. The summed E-state index contributed by atoms with van der Waals surface area (Å²) in [7, 11) is -1.97. The van der Waals surface area contributed by atoms with E-state index in [1.807, 2.05) is 25.3 Å². The predicted molar refractivity (Wildman–Crippen MR) is 105 cm³/mol. The van der Waals surface area contributed by atoms with Crippen LogP contribution in [-0.2, 0) is 16.6 Å². The van der Waals surface area contributed by atoms with Crippen LogP contribution >= 0.6 is 0 Å². The lowest BCUT2D eigenvalue weighted by molar-refractivity contribution is 0.179. The Labute approximate surface area is 164 Å². The van der Waals surface area contributed by atoms with Crippen LogP contribution in [0, 0.1) is 12.8 Å². The molecule has 0 N–H and O–H groups in total. The molecule has 1 aliphatic rings. The van der Waals surface area contributed by atoms with Crippen molar-refractivity contribution >= 4 is 10.0 Å². The van der Waals surface area contributed by atoms with Gasteiger partial charge in [0, 0.05) is 61.5 Å². The minimum absolute atomic E-state index is 0.240. The number of methoxy groups -OCH3 is 1. The number of rotatable bonds is 6. The summed E-state index contributed by atoms with van der Waals surface area (Å²) in [5.41, 5.74) is 2.00. The summed E-state index contributed by atoms with van der Waals surface area (Å²) in [6, 6.07) is 10.5. The van der Waals surface area contributed by atoms with E-state index in [0.717, 1.165) is 23.6 Å². The highest BCUT2D eigenvalue weighted by Gasteiger charge is 2.37. The Morgan fingerprint density at radius 3 is 2.71 bits per heavy atom. The number of hydrogen-bond donors (Lipinski definition) is 0. The molecular formula is C20H22N4O3S. The summed E-state index contributed by atoms with van der Waals surface area (Å²) in [5.74, 6) is 1.64. The first-order valence-electron chi connectivity index (χ1n) is 9.06. The molecule has 8 heteroatoms. The van der Waals surface area contributed by atoms with Crippen LogP contribution in [0.5, 0.6) is 5.75 Å². The first-order chi connectivity index (χ1) is 13.5. The van der Waals surface area contributed by atoms with Crippen molar-refractivity contribution in [1.29, 1.82) is 0 Å². The van der Waals surface area contributed by atoms with Crippen molar-refractivity contribution in [2.24, 2.45) is 5.92 Å². The Morgan fingerprint density at radius 2 is 2.00 bits per heavy atom. The third-order valence-electron chi connectivity index (χ3n) is 5.02. The van der Waals surface area contributed by atoms with Crippen LogP contribution in [0.4, 0.5) is 0 Å². The van der Waals surface area contributed by atoms with Crippen molar-refractivity contribution in [3.63, 3.8) is 0 Å². The highest BCUT2D eigenvalue weighted by atomic mass is 32.2. The number of nitrogens with zero attached hydrogens (tertiary/aromatic N) is 4. The van der Waals surface area contributed by atoms with Crippen molar-refractivity contribution < 1.29 is 13.2 Å². The van der Waals surface area contributed by atoms with Gasteiger partial charge in [0.2, 0.25) is 10.0 Å². The minimum Gasteiger partial charge on any atom is -0.497 e. The van der Waals surface area contributed by atoms with Gasteiger partial charge >= 0.3 is 0 Å². The topological polar surface area (TPSA) is 77.3 Å². The van der Waals surface area contributed by atoms with E-state index in [9.17, 15) is 8.42 Å². The molecule has 1 aliphatic heterocycles. The maximum Gasteiger partial charge on any atom is 0.243 e. The van der Waals surface area contributed by atoms with Crippen LogP contribution in [0.3, 0.4) is 0 Å². The van der Waals surface area contributed by atoms with Crippen LogP contribution in [0.2, 0.25) is 0 Å². The van der Waals surface area contributed by atoms with E-state index in [2.05, 4.69) is 14.5 Å². The van der Waals surface area contributed by atoms with E-state index in [1.54, 1.807) is 36.7 Å². The molecule has 1 fully saturated rings. The molecule has 3 aromatic rings. The van der Waals surface area contributed by atoms with Gasteiger partial charge in [-0.2, -0.15) is 4.31 Å². The summed E-state index contributed by atoms with van der Waals surface area (Å²) < 4.78 is 34.5. The zero-order valence-electron chi connectivity index (χ0n) is 15.8. The second-order valence-electron chi connectivity index (χ2n) is 6.94. The zero-order chi connectivity index (χ0) is 19.7. The van der Waals surface area contributed by atoms with Crippen LogP contribution in [0.25, 0.3) is 11.4 Å². The van der Waals surface area contributed by atoms with E-state index < -0.39 is 10.0 Å². The highest BCUT2D eigenvalue weighted by Crippen LogP contribution is 2.29. The van der Waals surface area contributed by atoms with Gasteiger partial charge < -0.3 is 9.30 Å². The Bertz CT molecular complexity index is 1070. The van der Waals surface area contributed by atoms with Crippen LogP contribution in [0.1, 0.15) is 5.69 Å². The molecule has 28 heavy (non-hydrogen) atoms. The number of imidazole rings is 1. The highest BCUT2D eigenvalue weighted by molar-refractivity contribution is 7.89. The maximum atomic E-state index is 12.8. The van der Waals surface area contributed by atoms with Crippen LogP contribution in [-0.4, -0.2) is 47.5 Å². The van der Waals surface area contributed by atoms with E-state index in [0.29, 0.717) is 18.8 Å². The molecule has 1 aromatic carbocycles. The Morgan fingerprint density at radius 1 is 1.18 bits per heavy atom. The monoisotopic (exact) mass is 398 g/mol. The number of aromatic nitrogens is 3. The number of pyridine rings is 1. The number of benzene rings is 1. The molecule has 2 aromatic heterocycles. The zero-order valence-corrected chi connectivity index (χ0v) is 16.6. The molecule has 1 saturated heterocycles. The van der Waals surface area contributed by atoms with Gasteiger partial charge in [-0.15, -0.1) is 0 Å². The number of ether oxygens (including phenoxy) is 1. The molecule has 0 aliphatic carbocycles. The predicted octanol–water partition coefficient (Wildman–Crippen LogP) is 2.58. The molecule has 146 valence electrons. The Balaban J connectivity index is 1.47. The third-order valence-corrected chi connectivity index (χ3v) is 6.85. The minimum atomic E-state index is -3.50. The van der Waals surface area contributed by atoms with Gasteiger partial charge in [-0.05, 0) is 31.2 Å². The number of sulfonamides is 1. The molecule has 3 heterocycles. The van der Waals surface area contributed by atoms with Crippen molar-refractivity contribution in [2.75, 3.05) is 20.2 Å². The smallest absolute Gasteiger partial charge is 0.243 e. The maximum absolute atomic E-state index is 12.8. The van der Waals surface area contributed by atoms with Gasteiger partial charge in [0.25, 0.3) is 0 Å². The molecule has 7 nitrogen and oxygen atoms in total. The quantitative estimate of drug-likeness (QED) is 0.638. The average molecular weight is 398 g/mol. The third kappa shape index (κ3) is 3.41. The van der Waals surface area contributed by atoms with Gasteiger partial charge in [0.15, 0.2) is 0 Å². The lowest BCUT2D eigenvalue weighted by Crippen LogP contribution is -2.51. The van der Waals surface area contributed by atoms with E-state index >= 15 is 0 Å². The largest absolute Gasteiger partial charge is 0.497 e. The van der Waals surface area contributed by atoms with E-state index in [1.165, 1.54) is 11.4 Å². The van der Waals surface area contributed by atoms with Gasteiger partial charge in [0.05, 0.1) is 12.0 Å². The number of aryl methyl sites for hydroxylation is 1. The van der Waals surface area contributed by atoms with Crippen LogP contribution < -0.4 is 4.74 Å². The SMILES string of the molecule is COc1cccc(S(=O)(=O)N2CC(Cn3c(C)cnc3-c3cccnc3)C2)c1. The average Bonchev–Trinajstić information content (AvgIpc) is 3.05. The second kappa shape index (κ2) is 7.37. The summed E-state index contributed by atoms with van der Waals surface area (Å²) in [4.78, 5) is 8.94. The van der Waals surface area contributed by atoms with Gasteiger partial charge in [0.1, 0.15) is 11.6 Å². The molecule has 0 atom stereocenters. The fraction of sp³-hybridized carbons (Fsp3) is 0.300. The second-order valence-corrected chi connectivity index (χ2v) is 8.88. The fourth-order valence-corrected chi connectivity index (χ4v) is 5.05. The molecule has 0 unspecified atom stereocenters. The van der Waals surface area contributed by atoms with Gasteiger partial charge in [-0.25, -0.2) is 13.4 Å². The molecule has 0 bridgehead atoms. The van der Waals surface area contributed by atoms with Crippen molar-refractivity contribution in [3.05, 3.63) is 60.7 Å². The van der Waals surface area contributed by atoms with Crippen molar-refractivity contribution in [3.8, 4) is 17.1 Å². The van der Waals surface area contributed by atoms with Crippen molar-refractivity contribution in [1.82, 2.24) is 18.8 Å². The lowest BCUT2D eigenvalue weighted by atomic mass is 10.0.